The number of nitrogens with one attached hydrogen (secondary N) is 4. The summed E-state index contributed by atoms with van der Waals surface area (Å²) in [5.41, 5.74) is 8.55. The Bertz CT molecular complexity index is 737. The highest BCUT2D eigenvalue weighted by atomic mass is 35.5. The molecule has 2 saturated heterocycles. The van der Waals surface area contributed by atoms with Crippen molar-refractivity contribution in [1.82, 2.24) is 31.0 Å². The first-order valence-electron chi connectivity index (χ1n) is 8.83. The molecule has 26 heavy (non-hydrogen) atoms. The Balaban J connectivity index is 0.00000196. The van der Waals surface area contributed by atoms with Gasteiger partial charge in [0, 0.05) is 36.6 Å². The number of hydrogen-bond acceptors (Lipinski definition) is 5. The second-order valence-corrected chi connectivity index (χ2v) is 6.82. The zero-order chi connectivity index (χ0) is 17.2. The Kier molecular flexibility index (Phi) is 5.93. The summed E-state index contributed by atoms with van der Waals surface area (Å²) >= 11 is 0. The van der Waals surface area contributed by atoms with Gasteiger partial charge < -0.3 is 15.2 Å². The molecule has 2 aliphatic rings. The van der Waals surface area contributed by atoms with Crippen molar-refractivity contribution in [1.29, 1.82) is 0 Å². The van der Waals surface area contributed by atoms with E-state index in [4.69, 9.17) is 0 Å². The lowest BCUT2D eigenvalue weighted by Gasteiger charge is -2.28. The predicted octanol–water partition coefficient (Wildman–Crippen LogP) is 0.926. The van der Waals surface area contributed by atoms with Gasteiger partial charge in [-0.3, -0.25) is 10.2 Å². The zero-order valence-electron chi connectivity index (χ0n) is 14.7. The maximum absolute atomic E-state index is 12.7. The van der Waals surface area contributed by atoms with Crippen LogP contribution in [0.1, 0.15) is 24.9 Å². The van der Waals surface area contributed by atoms with E-state index in [0.717, 1.165) is 30.8 Å². The highest BCUT2D eigenvalue weighted by Crippen LogP contribution is 2.22. The fourth-order valence-electron chi connectivity index (χ4n) is 3.73. The average Bonchev–Trinajstić information content (AvgIpc) is 3.31. The quantitative estimate of drug-likeness (QED) is 0.638. The van der Waals surface area contributed by atoms with Gasteiger partial charge in [0.25, 0.3) is 0 Å². The Morgan fingerprint density at radius 3 is 3.08 bits per heavy atom. The third kappa shape index (κ3) is 3.76. The van der Waals surface area contributed by atoms with Crippen molar-refractivity contribution in [3.63, 3.8) is 0 Å². The predicted molar refractivity (Wildman–Crippen MR) is 102 cm³/mol. The molecule has 7 nitrogen and oxygen atoms in total. The molecule has 0 bridgehead atoms. The minimum atomic E-state index is -0.197. The van der Waals surface area contributed by atoms with Gasteiger partial charge in [0.05, 0.1) is 12.4 Å². The number of fused-ring (bicyclic) bond motifs is 1. The molecule has 3 heterocycles. The molecule has 0 spiro atoms. The number of hydrazine groups is 1. The van der Waals surface area contributed by atoms with Crippen LogP contribution >= 0.6 is 12.4 Å². The molecule has 8 heteroatoms. The molecular formula is C18H25ClN6O. The molecule has 140 valence electrons. The number of amides is 1. The van der Waals surface area contributed by atoms with Crippen LogP contribution in [0.25, 0.3) is 5.69 Å². The summed E-state index contributed by atoms with van der Waals surface area (Å²) in [6, 6.07) is 8.26. The van der Waals surface area contributed by atoms with Crippen LogP contribution in [0.5, 0.6) is 0 Å². The summed E-state index contributed by atoms with van der Waals surface area (Å²) in [7, 11) is 0. The van der Waals surface area contributed by atoms with Crippen LogP contribution in [-0.4, -0.2) is 40.6 Å². The molecule has 1 aromatic heterocycles. The molecule has 1 aromatic carbocycles. The second-order valence-electron chi connectivity index (χ2n) is 6.82. The fourth-order valence-corrected chi connectivity index (χ4v) is 3.73. The summed E-state index contributed by atoms with van der Waals surface area (Å²) in [5, 5.41) is 6.53. The summed E-state index contributed by atoms with van der Waals surface area (Å²) < 4.78 is 1.96. The standard InChI is InChI=1S/C18H24N6O.ClH/c1-12(13-3-2-4-14(9-13)24-8-7-20-11-24)21-18(25)17-15-10-19-6-5-16(15)22-23-17;/h2-4,7-9,11-12,15-17,19,22-23H,5-6,10H2,1H3,(H,21,25);1H. The molecule has 0 saturated carbocycles. The van der Waals surface area contributed by atoms with Crippen molar-refractivity contribution in [2.75, 3.05) is 13.1 Å². The van der Waals surface area contributed by atoms with E-state index < -0.39 is 0 Å². The van der Waals surface area contributed by atoms with Gasteiger partial charge in [0.15, 0.2) is 0 Å². The molecule has 2 aromatic rings. The number of nitrogens with zero attached hydrogens (tertiary/aromatic N) is 2. The first kappa shape index (κ1) is 18.8. The number of aromatic nitrogens is 2. The van der Waals surface area contributed by atoms with E-state index in [0.29, 0.717) is 12.0 Å². The van der Waals surface area contributed by atoms with Gasteiger partial charge in [-0.1, -0.05) is 12.1 Å². The van der Waals surface area contributed by atoms with E-state index in [9.17, 15) is 4.79 Å². The van der Waals surface area contributed by atoms with Gasteiger partial charge in [-0.25, -0.2) is 10.4 Å². The van der Waals surface area contributed by atoms with E-state index >= 15 is 0 Å². The van der Waals surface area contributed by atoms with Crippen molar-refractivity contribution in [3.05, 3.63) is 48.5 Å². The van der Waals surface area contributed by atoms with E-state index in [1.54, 1.807) is 12.5 Å². The molecule has 2 aliphatic heterocycles. The number of benzene rings is 1. The topological polar surface area (TPSA) is 83.0 Å². The van der Waals surface area contributed by atoms with Crippen LogP contribution in [0.4, 0.5) is 0 Å². The lowest BCUT2D eigenvalue weighted by Crippen LogP contribution is -2.49. The highest BCUT2D eigenvalue weighted by Gasteiger charge is 2.41. The van der Waals surface area contributed by atoms with E-state index in [1.165, 1.54) is 0 Å². The van der Waals surface area contributed by atoms with Crippen molar-refractivity contribution in [2.24, 2.45) is 5.92 Å². The van der Waals surface area contributed by atoms with E-state index in [1.807, 2.05) is 35.9 Å². The summed E-state index contributed by atoms with van der Waals surface area (Å²) in [6.45, 7) is 3.89. The Labute approximate surface area is 159 Å². The Hall–Kier alpha value is -1.93. The molecule has 4 unspecified atom stereocenters. The van der Waals surface area contributed by atoms with Crippen molar-refractivity contribution < 1.29 is 4.79 Å². The Morgan fingerprint density at radius 2 is 2.27 bits per heavy atom. The maximum atomic E-state index is 12.7. The van der Waals surface area contributed by atoms with Gasteiger partial charge in [-0.05, 0) is 37.6 Å². The number of halogens is 1. The number of rotatable bonds is 4. The van der Waals surface area contributed by atoms with Gasteiger partial charge in [0.2, 0.25) is 5.91 Å². The lowest BCUT2D eigenvalue weighted by atomic mass is 9.89. The van der Waals surface area contributed by atoms with Crippen LogP contribution in [0.2, 0.25) is 0 Å². The first-order valence-corrected chi connectivity index (χ1v) is 8.83. The molecule has 1 amide bonds. The van der Waals surface area contributed by atoms with Crippen molar-refractivity contribution >= 4 is 18.3 Å². The zero-order valence-corrected chi connectivity index (χ0v) is 15.5. The summed E-state index contributed by atoms with van der Waals surface area (Å²) in [4.78, 5) is 16.8. The van der Waals surface area contributed by atoms with Crippen LogP contribution in [0.15, 0.2) is 43.0 Å². The normalized spacial score (nSPS) is 25.8. The van der Waals surface area contributed by atoms with E-state index in [2.05, 4.69) is 32.5 Å². The molecular weight excluding hydrogens is 352 g/mol. The molecule has 4 atom stereocenters. The molecule has 2 fully saturated rings. The molecule has 0 radical (unpaired) electrons. The number of piperidine rings is 1. The van der Waals surface area contributed by atoms with Crippen molar-refractivity contribution in [3.8, 4) is 5.69 Å². The van der Waals surface area contributed by atoms with Gasteiger partial charge in [0.1, 0.15) is 6.04 Å². The minimum Gasteiger partial charge on any atom is -0.348 e. The van der Waals surface area contributed by atoms with Gasteiger partial charge in [-0.2, -0.15) is 0 Å². The summed E-state index contributed by atoms with van der Waals surface area (Å²) in [6.07, 6.45) is 6.48. The number of carbonyl (C=O) groups excluding carboxylic acids is 1. The van der Waals surface area contributed by atoms with Crippen molar-refractivity contribution in [2.45, 2.75) is 31.5 Å². The largest absolute Gasteiger partial charge is 0.348 e. The molecule has 0 aliphatic carbocycles. The van der Waals surface area contributed by atoms with Gasteiger partial charge >= 0.3 is 0 Å². The van der Waals surface area contributed by atoms with Crippen LogP contribution in [0, 0.1) is 5.92 Å². The second kappa shape index (κ2) is 8.18. The monoisotopic (exact) mass is 376 g/mol. The minimum absolute atomic E-state index is 0. The Morgan fingerprint density at radius 1 is 1.38 bits per heavy atom. The SMILES string of the molecule is CC(NC(=O)C1NNC2CCNCC21)c1cccc(-n2ccnc2)c1.Cl. The number of hydrogen-bond donors (Lipinski definition) is 4. The van der Waals surface area contributed by atoms with Gasteiger partial charge in [-0.15, -0.1) is 12.4 Å². The average molecular weight is 377 g/mol. The summed E-state index contributed by atoms with van der Waals surface area (Å²) in [5.74, 6) is 0.336. The smallest absolute Gasteiger partial charge is 0.239 e. The fraction of sp³-hybridized carbons (Fsp3) is 0.444. The first-order chi connectivity index (χ1) is 12.2. The third-order valence-electron chi connectivity index (χ3n) is 5.20. The maximum Gasteiger partial charge on any atom is 0.239 e. The number of imidazole rings is 1. The number of carbonyl (C=O) groups is 1. The van der Waals surface area contributed by atoms with Crippen LogP contribution in [0.3, 0.4) is 0 Å². The highest BCUT2D eigenvalue weighted by molar-refractivity contribution is 5.85. The molecule has 4 rings (SSSR count). The lowest BCUT2D eigenvalue weighted by molar-refractivity contribution is -0.124. The third-order valence-corrected chi connectivity index (χ3v) is 5.20. The van der Waals surface area contributed by atoms with E-state index in [-0.39, 0.29) is 30.4 Å². The van der Waals surface area contributed by atoms with Crippen LogP contribution in [-0.2, 0) is 4.79 Å². The van der Waals surface area contributed by atoms with Crippen LogP contribution < -0.4 is 21.5 Å². The molecule has 4 N–H and O–H groups in total.